The number of alkyl halides is 2. The Morgan fingerprint density at radius 3 is 2.58 bits per heavy atom. The van der Waals surface area contributed by atoms with Gasteiger partial charge in [0.2, 0.25) is 12.3 Å². The zero-order valence-corrected chi connectivity index (χ0v) is 17.2. The van der Waals surface area contributed by atoms with Crippen molar-refractivity contribution >= 4 is 17.2 Å². The predicted octanol–water partition coefficient (Wildman–Crippen LogP) is 3.69. The number of likely N-dealkylation sites (N-methyl/N-ethyl adjacent to an activating group) is 1. The van der Waals surface area contributed by atoms with Crippen LogP contribution in [0.4, 0.5) is 8.78 Å². The molecule has 0 atom stereocenters. The number of amides is 1. The van der Waals surface area contributed by atoms with E-state index in [9.17, 15) is 13.6 Å². The average Bonchev–Trinajstić information content (AvgIpc) is 3.04. The molecule has 4 nitrogen and oxygen atoms in total. The van der Waals surface area contributed by atoms with Gasteiger partial charge in [-0.3, -0.25) is 9.69 Å². The summed E-state index contributed by atoms with van der Waals surface area (Å²) >= 11 is 1.39. The molecule has 1 aromatic heterocycles. The first kappa shape index (κ1) is 23.0. The van der Waals surface area contributed by atoms with E-state index in [4.69, 9.17) is 4.74 Å². The smallest absolute Gasteiger partial charge is 0.243 e. The van der Waals surface area contributed by atoms with Crippen molar-refractivity contribution in [3.8, 4) is 0 Å². The van der Waals surface area contributed by atoms with Crippen LogP contribution in [0.5, 0.6) is 0 Å². The molecule has 1 aliphatic heterocycles. The number of carbonyl (C=O) groups excluding carboxylic acids is 1. The van der Waals surface area contributed by atoms with Gasteiger partial charge >= 0.3 is 0 Å². The van der Waals surface area contributed by atoms with Crippen LogP contribution >= 0.6 is 11.3 Å². The van der Waals surface area contributed by atoms with Gasteiger partial charge in [0.25, 0.3) is 0 Å². The molecule has 150 valence electrons. The standard InChI is InChI=1S/C17H26F2N2O2S.C2H6/c1-20(2)17(22)11-21-6-3-14(4-7-21)23-8-5-13-9-15(24-12-13)10-16(18)19;1-2/h9,12,14,16H,3-8,10-11H2,1-2H3;1-2H3. The monoisotopic (exact) mass is 390 g/mol. The van der Waals surface area contributed by atoms with Gasteiger partial charge in [-0.1, -0.05) is 13.8 Å². The van der Waals surface area contributed by atoms with Gasteiger partial charge in [-0.05, 0) is 36.3 Å². The first-order valence-electron chi connectivity index (χ1n) is 9.32. The quantitative estimate of drug-likeness (QED) is 0.679. The molecule has 1 fully saturated rings. The van der Waals surface area contributed by atoms with E-state index in [0.717, 1.165) is 42.8 Å². The third kappa shape index (κ3) is 8.56. The highest BCUT2D eigenvalue weighted by atomic mass is 32.1. The van der Waals surface area contributed by atoms with Crippen molar-refractivity contribution in [3.05, 3.63) is 21.9 Å². The number of hydrogen-bond donors (Lipinski definition) is 0. The summed E-state index contributed by atoms with van der Waals surface area (Å²) in [5.74, 6) is 0.131. The summed E-state index contributed by atoms with van der Waals surface area (Å²) in [6.07, 6.45) is 0.420. The van der Waals surface area contributed by atoms with Crippen LogP contribution in [0.3, 0.4) is 0 Å². The first-order valence-corrected chi connectivity index (χ1v) is 10.2. The molecule has 0 bridgehead atoms. The van der Waals surface area contributed by atoms with Gasteiger partial charge in [0.05, 0.1) is 19.3 Å². The van der Waals surface area contributed by atoms with Crippen molar-refractivity contribution in [2.45, 2.75) is 52.1 Å². The molecule has 1 aliphatic rings. The second-order valence-corrected chi connectivity index (χ2v) is 7.40. The van der Waals surface area contributed by atoms with Gasteiger partial charge in [0.15, 0.2) is 0 Å². The van der Waals surface area contributed by atoms with E-state index >= 15 is 0 Å². The molecule has 0 radical (unpaired) electrons. The van der Waals surface area contributed by atoms with E-state index in [-0.39, 0.29) is 18.4 Å². The molecule has 7 heteroatoms. The molecule has 0 saturated carbocycles. The summed E-state index contributed by atoms with van der Waals surface area (Å²) in [4.78, 5) is 16.2. The minimum absolute atomic E-state index is 0.131. The molecule has 0 spiro atoms. The molecule has 0 aromatic carbocycles. The molecule has 1 amide bonds. The Morgan fingerprint density at radius 1 is 1.35 bits per heavy atom. The maximum absolute atomic E-state index is 12.3. The Labute approximate surface area is 160 Å². The maximum Gasteiger partial charge on any atom is 0.243 e. The Bertz CT molecular complexity index is 515. The molecular formula is C19H32F2N2O2S. The third-order valence-corrected chi connectivity index (χ3v) is 5.21. The lowest BCUT2D eigenvalue weighted by atomic mass is 10.1. The van der Waals surface area contributed by atoms with Crippen LogP contribution in [0.15, 0.2) is 11.4 Å². The van der Waals surface area contributed by atoms with E-state index in [0.29, 0.717) is 13.2 Å². The lowest BCUT2D eigenvalue weighted by Gasteiger charge is -2.32. The van der Waals surface area contributed by atoms with Crippen molar-refractivity contribution in [1.29, 1.82) is 0 Å². The van der Waals surface area contributed by atoms with Gasteiger partial charge < -0.3 is 9.64 Å². The van der Waals surface area contributed by atoms with Gasteiger partial charge in [0, 0.05) is 38.5 Å². The Balaban J connectivity index is 0.00000163. The van der Waals surface area contributed by atoms with Gasteiger partial charge in [-0.15, -0.1) is 11.3 Å². The topological polar surface area (TPSA) is 32.8 Å². The highest BCUT2D eigenvalue weighted by Gasteiger charge is 2.21. The van der Waals surface area contributed by atoms with Crippen LogP contribution in [-0.4, -0.2) is 68.6 Å². The summed E-state index contributed by atoms with van der Waals surface area (Å²) in [5, 5.41) is 1.94. The number of nitrogens with zero attached hydrogens (tertiary/aromatic N) is 2. The van der Waals surface area contributed by atoms with Crippen molar-refractivity contribution in [1.82, 2.24) is 9.80 Å². The first-order chi connectivity index (χ1) is 12.4. The molecule has 2 rings (SSSR count). The fourth-order valence-electron chi connectivity index (χ4n) is 2.73. The van der Waals surface area contributed by atoms with Crippen LogP contribution in [0, 0.1) is 0 Å². The lowest BCUT2D eigenvalue weighted by molar-refractivity contribution is -0.130. The number of ether oxygens (including phenoxy) is 1. The molecule has 26 heavy (non-hydrogen) atoms. The Kier molecular flexibility index (Phi) is 10.9. The normalized spacial score (nSPS) is 15.7. The number of halogens is 2. The largest absolute Gasteiger partial charge is 0.378 e. The number of hydrogen-bond acceptors (Lipinski definition) is 4. The zero-order chi connectivity index (χ0) is 19.5. The van der Waals surface area contributed by atoms with Crippen LogP contribution in [0.1, 0.15) is 37.1 Å². The van der Waals surface area contributed by atoms with Crippen LogP contribution in [0.2, 0.25) is 0 Å². The average molecular weight is 391 g/mol. The van der Waals surface area contributed by atoms with Crippen molar-refractivity contribution in [2.75, 3.05) is 40.3 Å². The van der Waals surface area contributed by atoms with Crippen molar-refractivity contribution in [2.24, 2.45) is 0 Å². The number of thiophene rings is 1. The summed E-state index contributed by atoms with van der Waals surface area (Å²) in [6, 6.07) is 1.86. The number of carbonyl (C=O) groups is 1. The third-order valence-electron chi connectivity index (χ3n) is 4.20. The predicted molar refractivity (Wildman–Crippen MR) is 103 cm³/mol. The number of rotatable bonds is 8. The maximum atomic E-state index is 12.3. The molecule has 2 heterocycles. The molecular weight excluding hydrogens is 358 g/mol. The fraction of sp³-hybridized carbons (Fsp3) is 0.737. The summed E-state index contributed by atoms with van der Waals surface area (Å²) in [7, 11) is 3.55. The highest BCUT2D eigenvalue weighted by molar-refractivity contribution is 7.10. The lowest BCUT2D eigenvalue weighted by Crippen LogP contribution is -2.42. The van der Waals surface area contributed by atoms with Gasteiger partial charge in [-0.2, -0.15) is 0 Å². The molecule has 1 aromatic rings. The van der Waals surface area contributed by atoms with E-state index in [1.807, 2.05) is 25.3 Å². The van der Waals surface area contributed by atoms with Crippen LogP contribution < -0.4 is 0 Å². The zero-order valence-electron chi connectivity index (χ0n) is 16.3. The van der Waals surface area contributed by atoms with Crippen molar-refractivity contribution in [3.63, 3.8) is 0 Å². The number of likely N-dealkylation sites (tertiary alicyclic amines) is 1. The van der Waals surface area contributed by atoms with Crippen molar-refractivity contribution < 1.29 is 18.3 Å². The molecule has 0 N–H and O–H groups in total. The van der Waals surface area contributed by atoms with E-state index in [1.54, 1.807) is 19.0 Å². The summed E-state index contributed by atoms with van der Waals surface area (Å²) < 4.78 is 30.6. The highest BCUT2D eigenvalue weighted by Crippen LogP contribution is 2.19. The Hall–Kier alpha value is -1.05. The molecule has 0 aliphatic carbocycles. The minimum Gasteiger partial charge on any atom is -0.378 e. The van der Waals surface area contributed by atoms with E-state index < -0.39 is 6.43 Å². The summed E-state index contributed by atoms with van der Waals surface area (Å²) in [5.41, 5.74) is 1.07. The Morgan fingerprint density at radius 2 is 2.00 bits per heavy atom. The van der Waals surface area contributed by atoms with E-state index in [2.05, 4.69) is 4.90 Å². The van der Waals surface area contributed by atoms with Crippen LogP contribution in [-0.2, 0) is 22.4 Å². The SMILES string of the molecule is CC.CN(C)C(=O)CN1CCC(OCCc2csc(CC(F)F)c2)CC1. The second kappa shape index (κ2) is 12.4. The fourth-order valence-corrected chi connectivity index (χ4v) is 3.66. The second-order valence-electron chi connectivity index (χ2n) is 6.40. The van der Waals surface area contributed by atoms with Gasteiger partial charge in [0.1, 0.15) is 0 Å². The van der Waals surface area contributed by atoms with Crippen LogP contribution in [0.25, 0.3) is 0 Å². The molecule has 0 unspecified atom stereocenters. The van der Waals surface area contributed by atoms with Gasteiger partial charge in [-0.25, -0.2) is 8.78 Å². The van der Waals surface area contributed by atoms with E-state index in [1.165, 1.54) is 11.3 Å². The summed E-state index contributed by atoms with van der Waals surface area (Å²) in [6.45, 7) is 6.84. The number of piperidine rings is 1. The minimum atomic E-state index is -2.28. The molecule has 1 saturated heterocycles.